The van der Waals surface area contributed by atoms with E-state index in [1.807, 2.05) is 30.3 Å². The van der Waals surface area contributed by atoms with Gasteiger partial charge in [-0.15, -0.1) is 0 Å². The van der Waals surface area contributed by atoms with Gasteiger partial charge in [0.15, 0.2) is 0 Å². The van der Waals surface area contributed by atoms with Gasteiger partial charge in [0.2, 0.25) is 0 Å². The zero-order valence-corrected chi connectivity index (χ0v) is 12.0. The molecule has 2 aromatic carbocycles. The highest BCUT2D eigenvalue weighted by molar-refractivity contribution is 5.95. The first kappa shape index (κ1) is 13.8. The predicted molar refractivity (Wildman–Crippen MR) is 83.6 cm³/mol. The van der Waals surface area contributed by atoms with Gasteiger partial charge in [-0.2, -0.15) is 0 Å². The second-order valence-electron chi connectivity index (χ2n) is 5.08. The Bertz CT molecular complexity index is 748. The van der Waals surface area contributed by atoms with Gasteiger partial charge in [-0.1, -0.05) is 31.2 Å². The predicted octanol–water partition coefficient (Wildman–Crippen LogP) is 4.74. The topological polar surface area (TPSA) is 25.2 Å². The molecule has 0 radical (unpaired) electrons. The Morgan fingerprint density at radius 2 is 1.81 bits per heavy atom. The monoisotopic (exact) mass is 283 g/mol. The fourth-order valence-corrected chi connectivity index (χ4v) is 2.48. The molecule has 21 heavy (non-hydrogen) atoms. The minimum absolute atomic E-state index is 0.203. The van der Waals surface area contributed by atoms with Gasteiger partial charge in [-0.3, -0.25) is 0 Å². The van der Waals surface area contributed by atoms with Crippen molar-refractivity contribution in [1.82, 2.24) is 5.32 Å². The number of halogens is 1. The number of rotatable bonds is 5. The maximum absolute atomic E-state index is 13.9. The first-order valence-corrected chi connectivity index (χ1v) is 7.26. The molecule has 0 bridgehead atoms. The van der Waals surface area contributed by atoms with Crippen LogP contribution < -0.4 is 5.32 Å². The molecule has 0 atom stereocenters. The Morgan fingerprint density at radius 1 is 1.00 bits per heavy atom. The van der Waals surface area contributed by atoms with Crippen LogP contribution in [0.4, 0.5) is 4.39 Å². The Hall–Kier alpha value is -2.13. The zero-order valence-electron chi connectivity index (χ0n) is 12.0. The summed E-state index contributed by atoms with van der Waals surface area (Å²) in [6, 6.07) is 14.7. The van der Waals surface area contributed by atoms with Gasteiger partial charge in [-0.25, -0.2) is 4.39 Å². The van der Waals surface area contributed by atoms with E-state index in [0.717, 1.165) is 35.4 Å². The third kappa shape index (κ3) is 2.83. The van der Waals surface area contributed by atoms with Crippen LogP contribution in [0, 0.1) is 5.82 Å². The molecular weight excluding hydrogens is 265 g/mol. The van der Waals surface area contributed by atoms with Gasteiger partial charge in [0.1, 0.15) is 17.3 Å². The molecule has 108 valence electrons. The minimum Gasteiger partial charge on any atom is -0.460 e. The lowest BCUT2D eigenvalue weighted by Gasteiger charge is -2.05. The largest absolute Gasteiger partial charge is 0.460 e. The number of hydrogen-bond donors (Lipinski definition) is 1. The van der Waals surface area contributed by atoms with E-state index in [2.05, 4.69) is 12.2 Å². The van der Waals surface area contributed by atoms with Crippen molar-refractivity contribution in [1.29, 1.82) is 0 Å². The summed E-state index contributed by atoms with van der Waals surface area (Å²) in [6.45, 7) is 3.81. The summed E-state index contributed by atoms with van der Waals surface area (Å²) in [4.78, 5) is 0. The quantitative estimate of drug-likeness (QED) is 0.684. The summed E-state index contributed by atoms with van der Waals surface area (Å²) >= 11 is 0. The number of furan rings is 1. The van der Waals surface area contributed by atoms with Crippen LogP contribution in [0.3, 0.4) is 0 Å². The third-order valence-electron chi connectivity index (χ3n) is 3.52. The Balaban J connectivity index is 1.96. The fraction of sp³-hybridized carbons (Fsp3) is 0.222. The average Bonchev–Trinajstić information content (AvgIpc) is 2.97. The highest BCUT2D eigenvalue weighted by Gasteiger charge is 2.10. The summed E-state index contributed by atoms with van der Waals surface area (Å²) in [5.74, 6) is 1.47. The van der Waals surface area contributed by atoms with Crippen molar-refractivity contribution >= 4 is 10.8 Å². The number of benzene rings is 2. The van der Waals surface area contributed by atoms with Crippen LogP contribution in [0.5, 0.6) is 0 Å². The molecule has 3 aromatic rings. The SMILES string of the molecule is CCCNCc1ccc(-c2ccc(F)c3ccccc23)o1. The Labute approximate surface area is 123 Å². The van der Waals surface area contributed by atoms with E-state index in [1.54, 1.807) is 12.1 Å². The standard InChI is InChI=1S/C18H18FNO/c1-2-11-20-12-13-7-10-18(21-13)16-8-9-17(19)15-6-4-3-5-14(15)16/h3-10,20H,2,11-12H2,1H3. The summed E-state index contributed by atoms with van der Waals surface area (Å²) in [5.41, 5.74) is 0.925. The molecular formula is C18H18FNO. The lowest BCUT2D eigenvalue weighted by molar-refractivity contribution is 0.494. The summed E-state index contributed by atoms with van der Waals surface area (Å²) in [6.07, 6.45) is 1.09. The summed E-state index contributed by atoms with van der Waals surface area (Å²) < 4.78 is 19.7. The van der Waals surface area contributed by atoms with Crippen LogP contribution in [0.25, 0.3) is 22.1 Å². The molecule has 1 heterocycles. The second-order valence-corrected chi connectivity index (χ2v) is 5.08. The second kappa shape index (κ2) is 6.10. The van der Waals surface area contributed by atoms with Crippen molar-refractivity contribution in [3.05, 3.63) is 60.1 Å². The van der Waals surface area contributed by atoms with Crippen LogP contribution in [0.1, 0.15) is 19.1 Å². The van der Waals surface area contributed by atoms with Crippen molar-refractivity contribution in [2.45, 2.75) is 19.9 Å². The van der Waals surface area contributed by atoms with E-state index in [0.29, 0.717) is 11.9 Å². The Kier molecular flexibility index (Phi) is 4.02. The van der Waals surface area contributed by atoms with E-state index in [1.165, 1.54) is 6.07 Å². The van der Waals surface area contributed by atoms with E-state index in [4.69, 9.17) is 4.42 Å². The molecule has 1 aromatic heterocycles. The van der Waals surface area contributed by atoms with E-state index in [-0.39, 0.29) is 5.82 Å². The molecule has 1 N–H and O–H groups in total. The first-order chi connectivity index (χ1) is 10.3. The lowest BCUT2D eigenvalue weighted by atomic mass is 10.0. The summed E-state index contributed by atoms with van der Waals surface area (Å²) in [5, 5.41) is 4.81. The van der Waals surface area contributed by atoms with Crippen LogP contribution in [0.15, 0.2) is 52.9 Å². The van der Waals surface area contributed by atoms with Crippen molar-refractivity contribution in [3.63, 3.8) is 0 Å². The van der Waals surface area contributed by atoms with Gasteiger partial charge in [-0.05, 0) is 42.6 Å². The zero-order chi connectivity index (χ0) is 14.7. The highest BCUT2D eigenvalue weighted by Crippen LogP contribution is 2.31. The van der Waals surface area contributed by atoms with E-state index < -0.39 is 0 Å². The maximum atomic E-state index is 13.9. The molecule has 0 saturated carbocycles. The Morgan fingerprint density at radius 3 is 2.62 bits per heavy atom. The van der Waals surface area contributed by atoms with Gasteiger partial charge in [0.25, 0.3) is 0 Å². The molecule has 0 saturated heterocycles. The molecule has 2 nitrogen and oxygen atoms in total. The molecule has 0 amide bonds. The molecule has 0 aliphatic carbocycles. The van der Waals surface area contributed by atoms with Crippen molar-refractivity contribution in [3.8, 4) is 11.3 Å². The highest BCUT2D eigenvalue weighted by atomic mass is 19.1. The van der Waals surface area contributed by atoms with E-state index in [9.17, 15) is 4.39 Å². The maximum Gasteiger partial charge on any atom is 0.134 e. The van der Waals surface area contributed by atoms with Crippen molar-refractivity contribution in [2.75, 3.05) is 6.54 Å². The normalized spacial score (nSPS) is 11.1. The van der Waals surface area contributed by atoms with Crippen LogP contribution >= 0.6 is 0 Å². The van der Waals surface area contributed by atoms with Crippen molar-refractivity contribution < 1.29 is 8.81 Å². The van der Waals surface area contributed by atoms with Crippen LogP contribution in [-0.2, 0) is 6.54 Å². The van der Waals surface area contributed by atoms with Gasteiger partial charge in [0, 0.05) is 10.9 Å². The number of fused-ring (bicyclic) bond motifs is 1. The van der Waals surface area contributed by atoms with Crippen molar-refractivity contribution in [2.24, 2.45) is 0 Å². The smallest absolute Gasteiger partial charge is 0.134 e. The van der Waals surface area contributed by atoms with Crippen LogP contribution in [0.2, 0.25) is 0 Å². The molecule has 0 fully saturated rings. The number of hydrogen-bond acceptors (Lipinski definition) is 2. The number of nitrogens with one attached hydrogen (secondary N) is 1. The molecule has 0 aliphatic rings. The minimum atomic E-state index is -0.203. The molecule has 0 aliphatic heterocycles. The molecule has 0 unspecified atom stereocenters. The van der Waals surface area contributed by atoms with Crippen LogP contribution in [-0.4, -0.2) is 6.54 Å². The van der Waals surface area contributed by atoms with E-state index >= 15 is 0 Å². The first-order valence-electron chi connectivity index (χ1n) is 7.26. The fourth-order valence-electron chi connectivity index (χ4n) is 2.48. The van der Waals surface area contributed by atoms with Gasteiger partial charge < -0.3 is 9.73 Å². The molecule has 3 heteroatoms. The third-order valence-corrected chi connectivity index (χ3v) is 3.52. The molecule has 3 rings (SSSR count). The average molecular weight is 283 g/mol. The van der Waals surface area contributed by atoms with Gasteiger partial charge in [0.05, 0.1) is 6.54 Å². The molecule has 0 spiro atoms. The van der Waals surface area contributed by atoms with Gasteiger partial charge >= 0.3 is 0 Å². The lowest BCUT2D eigenvalue weighted by Crippen LogP contribution is -2.12. The summed E-state index contributed by atoms with van der Waals surface area (Å²) in [7, 11) is 0.